The Labute approximate surface area is 72.0 Å². The van der Waals surface area contributed by atoms with Gasteiger partial charge in [0.05, 0.1) is 6.04 Å². The van der Waals surface area contributed by atoms with E-state index >= 15 is 0 Å². The first-order chi connectivity index (χ1) is 5.57. The molecule has 0 aromatic rings. The van der Waals surface area contributed by atoms with Gasteiger partial charge in [0.1, 0.15) is 0 Å². The standard InChI is InChI=1S/C8H14NO3.Fm/c1-6(2)3-4-7(8(11)12)9-5-10;/h6-7H,3-4H2,1-2H3,(H,9,10)(H,11,12);/q-1;. The first kappa shape index (κ1) is 13.5. The van der Waals surface area contributed by atoms with Gasteiger partial charge in [-0.3, -0.25) is 4.79 Å². The fraction of sp³-hybridized carbons (Fsp3) is 0.750. The van der Waals surface area contributed by atoms with E-state index in [9.17, 15) is 9.59 Å². The molecule has 5 heteroatoms. The molecular formula is C8H14FmNO3-. The molecule has 0 aromatic carbocycles. The number of rotatable bonds is 6. The van der Waals surface area contributed by atoms with Gasteiger partial charge in [0.15, 0.2) is 0 Å². The van der Waals surface area contributed by atoms with E-state index in [1.54, 1.807) is 0 Å². The number of carbonyl (C=O) groups excluding carboxylic acids is 1. The van der Waals surface area contributed by atoms with Gasteiger partial charge in [-0.05, 0) is 18.8 Å². The number of carboxylic acid groups (broad SMARTS) is 1. The average Bonchev–Trinajstić information content (AvgIpc) is 1.96. The van der Waals surface area contributed by atoms with E-state index in [4.69, 9.17) is 5.11 Å². The number of amides is 1. The Morgan fingerprint density at radius 1 is 1.46 bits per heavy atom. The Balaban J connectivity index is 0. The normalized spacial score (nSPS) is 11.6. The van der Waals surface area contributed by atoms with Crippen LogP contribution in [-0.4, -0.2) is 23.5 Å². The van der Waals surface area contributed by atoms with Gasteiger partial charge >= 0.3 is 5.97 Å². The molecule has 0 aliphatic rings. The molecule has 0 saturated heterocycles. The van der Waals surface area contributed by atoms with Gasteiger partial charge in [-0.15, -0.1) is 0 Å². The fourth-order valence-corrected chi connectivity index (χ4v) is 0.829. The fourth-order valence-electron chi connectivity index (χ4n) is 0.829. The molecule has 0 rings (SSSR count). The third-order valence-electron chi connectivity index (χ3n) is 1.56. The van der Waals surface area contributed by atoms with Gasteiger partial charge in [0.25, 0.3) is 0 Å². The van der Waals surface area contributed by atoms with Gasteiger partial charge in [0, 0.05) is 0 Å². The molecule has 13 heavy (non-hydrogen) atoms. The maximum absolute atomic E-state index is 10.5. The second-order valence-corrected chi connectivity index (χ2v) is 3.11. The Morgan fingerprint density at radius 2 is 2.00 bits per heavy atom. The van der Waals surface area contributed by atoms with E-state index in [0.29, 0.717) is 12.3 Å². The van der Waals surface area contributed by atoms with Crippen molar-refractivity contribution in [3.05, 3.63) is 0 Å². The van der Waals surface area contributed by atoms with Gasteiger partial charge in [-0.25, -0.2) is 0 Å². The van der Waals surface area contributed by atoms with Gasteiger partial charge in [-0.2, -0.15) is 6.41 Å². The molecule has 0 saturated carbocycles. The van der Waals surface area contributed by atoms with E-state index < -0.39 is 12.0 Å². The summed E-state index contributed by atoms with van der Waals surface area (Å²) >= 11 is 0. The maximum Gasteiger partial charge on any atom is 0.323 e. The Bertz CT molecular complexity index is 161. The minimum Gasteiger partial charge on any atom is -0.520 e. The molecule has 0 fully saturated rings. The maximum atomic E-state index is 10.5. The van der Waals surface area contributed by atoms with Gasteiger partial charge in [0.2, 0.25) is 0 Å². The summed E-state index contributed by atoms with van der Waals surface area (Å²) in [6, 6.07) is -0.787. The first-order valence-electron chi connectivity index (χ1n) is 3.93. The van der Waals surface area contributed by atoms with E-state index in [0.717, 1.165) is 6.42 Å². The summed E-state index contributed by atoms with van der Waals surface area (Å²) in [5.74, 6) is -0.556. The number of aliphatic carboxylic acids is 1. The minimum atomic E-state index is -1.00. The van der Waals surface area contributed by atoms with Crippen molar-refractivity contribution in [1.82, 2.24) is 5.32 Å². The first-order valence-corrected chi connectivity index (χ1v) is 3.93. The van der Waals surface area contributed by atoms with Crippen LogP contribution in [0, 0.1) is 5.92 Å². The van der Waals surface area contributed by atoms with E-state index in [2.05, 4.69) is 5.32 Å². The topological polar surface area (TPSA) is 66.4 Å². The van der Waals surface area contributed by atoms with Crippen LogP contribution in [0.1, 0.15) is 26.7 Å². The van der Waals surface area contributed by atoms with Crippen LogP contribution < -0.4 is 5.32 Å². The molecule has 0 aliphatic carbocycles. The van der Waals surface area contributed by atoms with Gasteiger partial charge in [-0.1, -0.05) is 13.8 Å². The molecule has 1 amide bonds. The number of carboxylic acids is 1. The van der Waals surface area contributed by atoms with E-state index in [1.165, 1.54) is 6.41 Å². The monoisotopic (exact) mass is 429 g/mol. The molecule has 0 radical (unpaired) electrons. The third kappa shape index (κ3) is 6.34. The van der Waals surface area contributed by atoms with Crippen LogP contribution in [0.3, 0.4) is 0 Å². The van der Waals surface area contributed by atoms with Crippen molar-refractivity contribution in [3.8, 4) is 0 Å². The third-order valence-corrected chi connectivity index (χ3v) is 1.56. The zero-order chi connectivity index (χ0) is 9.56. The number of hydrogen-bond donors (Lipinski definition) is 2. The SMILES string of the molecule is CC(C)CCC(N[C-]=O)C(=O)O.[Fm]. The summed E-state index contributed by atoms with van der Waals surface area (Å²) in [5, 5.41) is 10.7. The molecular weight excluding hydrogens is 415 g/mol. The van der Waals surface area contributed by atoms with Crippen molar-refractivity contribution in [2.75, 3.05) is 0 Å². The molecule has 0 bridgehead atoms. The van der Waals surface area contributed by atoms with Crippen molar-refractivity contribution < 1.29 is 14.7 Å². The summed E-state index contributed by atoms with van der Waals surface area (Å²) in [5.41, 5.74) is 0. The van der Waals surface area contributed by atoms with Crippen molar-refractivity contribution in [3.63, 3.8) is 0 Å². The van der Waals surface area contributed by atoms with Crippen LogP contribution >= 0.6 is 0 Å². The summed E-state index contributed by atoms with van der Waals surface area (Å²) in [4.78, 5) is 20.3. The van der Waals surface area contributed by atoms with E-state index in [-0.39, 0.29) is 0 Å². The number of hydrogen-bond acceptors (Lipinski definition) is 2. The van der Waals surface area contributed by atoms with Crippen LogP contribution in [0.5, 0.6) is 0 Å². The summed E-state index contributed by atoms with van der Waals surface area (Å²) in [7, 11) is 0. The second-order valence-electron chi connectivity index (χ2n) is 3.11. The van der Waals surface area contributed by atoms with Crippen molar-refractivity contribution >= 4 is 12.4 Å². The Morgan fingerprint density at radius 3 is 2.31 bits per heavy atom. The van der Waals surface area contributed by atoms with Crippen molar-refractivity contribution in [2.45, 2.75) is 32.7 Å². The quantitative estimate of drug-likeness (QED) is 0.479. The van der Waals surface area contributed by atoms with Crippen LogP contribution in [0.25, 0.3) is 0 Å². The molecule has 0 aromatic heterocycles. The largest absolute Gasteiger partial charge is 0.520 e. The summed E-state index contributed by atoms with van der Waals surface area (Å²) in [6.07, 6.45) is 2.64. The second kappa shape index (κ2) is 6.64. The molecule has 82 valence electrons. The van der Waals surface area contributed by atoms with Crippen LogP contribution in [0.2, 0.25) is 0 Å². The molecule has 0 aliphatic heterocycles. The molecule has 2 N–H and O–H groups in total. The summed E-state index contributed by atoms with van der Waals surface area (Å²) < 4.78 is 0. The molecule has 0 spiro atoms. The minimum absolute atomic E-state index is 0. The summed E-state index contributed by atoms with van der Waals surface area (Å²) in [6.45, 7) is 4.01. The smallest absolute Gasteiger partial charge is 0.323 e. The van der Waals surface area contributed by atoms with Crippen molar-refractivity contribution in [1.29, 1.82) is 0 Å². The average molecular weight is 429 g/mol. The molecule has 0 heterocycles. The Hall–Kier alpha value is -2.06. The van der Waals surface area contributed by atoms with Crippen LogP contribution in [-0.2, 0) is 9.59 Å². The molecule has 1 atom stereocenters. The number of carbonyl (C=O) groups is 1. The molecule has 4 nitrogen and oxygen atoms in total. The van der Waals surface area contributed by atoms with Gasteiger partial charge < -0.3 is 15.2 Å². The predicted molar refractivity (Wildman–Crippen MR) is 44.3 cm³/mol. The zero-order valence-electron chi connectivity index (χ0n) is 7.62. The van der Waals surface area contributed by atoms with Crippen molar-refractivity contribution in [2.24, 2.45) is 5.92 Å². The van der Waals surface area contributed by atoms with E-state index in [1.807, 2.05) is 13.8 Å². The predicted octanol–water partition coefficient (Wildman–Crippen LogP) is 0.533. The molecule has 1 unspecified atom stereocenters. The van der Waals surface area contributed by atoms with Crippen LogP contribution in [0.4, 0.5) is 0 Å². The number of nitrogens with one attached hydrogen (secondary N) is 1. The zero-order valence-corrected chi connectivity index (χ0v) is 10.0. The van der Waals surface area contributed by atoms with Crippen LogP contribution in [0.15, 0.2) is 0 Å². The Kier molecular flexibility index (Phi) is 6.91.